The van der Waals surface area contributed by atoms with Crippen molar-refractivity contribution in [2.24, 2.45) is 0 Å². The summed E-state index contributed by atoms with van der Waals surface area (Å²) in [5.41, 5.74) is 1.37. The molecule has 1 amide bonds. The molecule has 5 heteroatoms. The van der Waals surface area contributed by atoms with E-state index in [2.05, 4.69) is 10.1 Å². The summed E-state index contributed by atoms with van der Waals surface area (Å²) in [6.07, 6.45) is -0.805. The Labute approximate surface area is 104 Å². The predicted octanol–water partition coefficient (Wildman–Crippen LogP) is 3.23. The summed E-state index contributed by atoms with van der Waals surface area (Å²) in [7, 11) is 0. The van der Waals surface area contributed by atoms with E-state index in [0.717, 1.165) is 5.56 Å². The van der Waals surface area contributed by atoms with Crippen molar-refractivity contribution in [3.63, 3.8) is 0 Å². The molecule has 1 aromatic rings. The fourth-order valence-electron chi connectivity index (χ4n) is 1.94. The second-order valence-corrected chi connectivity index (χ2v) is 4.74. The highest BCUT2D eigenvalue weighted by Gasteiger charge is 2.46. The Bertz CT molecular complexity index is 460. The highest BCUT2D eigenvalue weighted by atomic mass is 19.3. The smallest absolute Gasteiger partial charge is 0.408 e. The van der Waals surface area contributed by atoms with Gasteiger partial charge in [0.15, 0.2) is 6.61 Å². The maximum atomic E-state index is 13.7. The first kappa shape index (κ1) is 12.8. The van der Waals surface area contributed by atoms with E-state index in [-0.39, 0.29) is 5.92 Å². The quantitative estimate of drug-likeness (QED) is 0.881. The molecule has 0 radical (unpaired) electrons. The molecule has 1 aliphatic heterocycles. The maximum absolute atomic E-state index is 13.7. The van der Waals surface area contributed by atoms with Crippen LogP contribution in [0.5, 0.6) is 0 Å². The molecule has 1 aliphatic rings. The first-order valence-electron chi connectivity index (χ1n) is 5.81. The van der Waals surface area contributed by atoms with Crippen molar-refractivity contribution < 1.29 is 18.3 Å². The van der Waals surface area contributed by atoms with E-state index < -0.39 is 24.7 Å². The van der Waals surface area contributed by atoms with Crippen molar-refractivity contribution in [3.05, 3.63) is 35.4 Å². The monoisotopic (exact) mass is 255 g/mol. The second-order valence-electron chi connectivity index (χ2n) is 4.74. The number of amides is 1. The fraction of sp³-hybridized carbons (Fsp3) is 0.462. The van der Waals surface area contributed by atoms with E-state index in [0.29, 0.717) is 5.56 Å². The van der Waals surface area contributed by atoms with Crippen molar-refractivity contribution in [2.45, 2.75) is 31.7 Å². The van der Waals surface area contributed by atoms with Crippen LogP contribution in [0.3, 0.4) is 0 Å². The van der Waals surface area contributed by atoms with Gasteiger partial charge in [-0.25, -0.2) is 13.6 Å². The van der Waals surface area contributed by atoms with Crippen LogP contribution in [0.15, 0.2) is 24.3 Å². The lowest BCUT2D eigenvalue weighted by atomic mass is 9.94. The summed E-state index contributed by atoms with van der Waals surface area (Å²) >= 11 is 0. The average molecular weight is 255 g/mol. The molecule has 0 spiro atoms. The summed E-state index contributed by atoms with van der Waals surface area (Å²) < 4.78 is 31.8. The lowest BCUT2D eigenvalue weighted by Crippen LogP contribution is -2.49. The molecule has 2 rings (SSSR count). The Morgan fingerprint density at radius 2 is 2.17 bits per heavy atom. The molecule has 1 atom stereocenters. The summed E-state index contributed by atoms with van der Waals surface area (Å²) in [5, 5.41) is 2.18. The van der Waals surface area contributed by atoms with Crippen LogP contribution >= 0.6 is 0 Å². The summed E-state index contributed by atoms with van der Waals surface area (Å²) in [6.45, 7) is 3.09. The largest absolute Gasteiger partial charge is 0.443 e. The number of cyclic esters (lactones) is 1. The molecule has 0 bridgehead atoms. The molecule has 1 saturated heterocycles. The van der Waals surface area contributed by atoms with Gasteiger partial charge in [-0.15, -0.1) is 0 Å². The normalized spacial score (nSPS) is 22.5. The highest BCUT2D eigenvalue weighted by molar-refractivity contribution is 5.69. The van der Waals surface area contributed by atoms with Gasteiger partial charge in [0.25, 0.3) is 0 Å². The Hall–Kier alpha value is -1.65. The van der Waals surface area contributed by atoms with Gasteiger partial charge >= 0.3 is 12.0 Å². The highest BCUT2D eigenvalue weighted by Crippen LogP contribution is 2.35. The summed E-state index contributed by atoms with van der Waals surface area (Å²) in [6, 6.07) is 5.58. The third-order valence-corrected chi connectivity index (χ3v) is 2.99. The van der Waals surface area contributed by atoms with Gasteiger partial charge in [0.1, 0.15) is 6.04 Å². The third-order valence-electron chi connectivity index (χ3n) is 2.99. The minimum atomic E-state index is -3.09. The average Bonchev–Trinajstić information content (AvgIpc) is 2.32. The topological polar surface area (TPSA) is 38.3 Å². The molecule has 1 heterocycles. The van der Waals surface area contributed by atoms with E-state index in [1.807, 2.05) is 19.9 Å². The van der Waals surface area contributed by atoms with Gasteiger partial charge in [-0.2, -0.15) is 0 Å². The van der Waals surface area contributed by atoms with Gasteiger partial charge in [-0.3, -0.25) is 0 Å². The Balaban J connectivity index is 2.34. The van der Waals surface area contributed by atoms with Crippen LogP contribution < -0.4 is 5.32 Å². The minimum absolute atomic E-state index is 0.245. The number of carbonyl (C=O) groups excluding carboxylic acids is 1. The first-order valence-corrected chi connectivity index (χ1v) is 5.81. The lowest BCUT2D eigenvalue weighted by Gasteiger charge is -2.32. The number of hydrogen-bond acceptors (Lipinski definition) is 2. The fourth-order valence-corrected chi connectivity index (χ4v) is 1.94. The van der Waals surface area contributed by atoms with Crippen LogP contribution in [0, 0.1) is 0 Å². The molecular weight excluding hydrogens is 240 g/mol. The van der Waals surface area contributed by atoms with Crippen molar-refractivity contribution in [1.29, 1.82) is 0 Å². The number of nitrogens with one attached hydrogen (secondary N) is 1. The van der Waals surface area contributed by atoms with Crippen LogP contribution in [0.4, 0.5) is 13.6 Å². The van der Waals surface area contributed by atoms with Crippen molar-refractivity contribution in [2.75, 3.05) is 6.61 Å². The van der Waals surface area contributed by atoms with Crippen molar-refractivity contribution in [1.82, 2.24) is 5.32 Å². The van der Waals surface area contributed by atoms with Crippen LogP contribution in [-0.2, 0) is 4.74 Å². The van der Waals surface area contributed by atoms with E-state index in [1.165, 1.54) is 0 Å². The van der Waals surface area contributed by atoms with Gasteiger partial charge in [0.05, 0.1) is 0 Å². The molecule has 0 aromatic heterocycles. The number of rotatable bonds is 2. The van der Waals surface area contributed by atoms with Gasteiger partial charge in [0, 0.05) is 0 Å². The molecule has 0 unspecified atom stereocenters. The zero-order valence-corrected chi connectivity index (χ0v) is 10.2. The van der Waals surface area contributed by atoms with Crippen LogP contribution in [0.2, 0.25) is 0 Å². The summed E-state index contributed by atoms with van der Waals surface area (Å²) in [5.74, 6) is -2.85. The Morgan fingerprint density at radius 3 is 2.83 bits per heavy atom. The van der Waals surface area contributed by atoms with Crippen molar-refractivity contribution >= 4 is 6.09 Å². The third kappa shape index (κ3) is 2.44. The maximum Gasteiger partial charge on any atom is 0.408 e. The van der Waals surface area contributed by atoms with Crippen LogP contribution in [0.25, 0.3) is 0 Å². The van der Waals surface area contributed by atoms with Gasteiger partial charge in [-0.05, 0) is 17.0 Å². The van der Waals surface area contributed by atoms with Gasteiger partial charge in [0.2, 0.25) is 0 Å². The van der Waals surface area contributed by atoms with Crippen LogP contribution in [-0.4, -0.2) is 18.6 Å². The number of ether oxygens (including phenoxy) is 1. The van der Waals surface area contributed by atoms with E-state index in [9.17, 15) is 13.6 Å². The van der Waals surface area contributed by atoms with Gasteiger partial charge in [-0.1, -0.05) is 38.1 Å². The molecule has 0 aliphatic carbocycles. The molecule has 1 aromatic carbocycles. The minimum Gasteiger partial charge on any atom is -0.443 e. The summed E-state index contributed by atoms with van der Waals surface area (Å²) in [4.78, 5) is 11.1. The second kappa shape index (κ2) is 4.55. The van der Waals surface area contributed by atoms with E-state index >= 15 is 0 Å². The SMILES string of the molecule is CC(C)c1cccc([C@H]2NC(=O)OCC2(F)F)c1. The Kier molecular flexibility index (Phi) is 3.24. The molecule has 0 saturated carbocycles. The van der Waals surface area contributed by atoms with E-state index in [4.69, 9.17) is 0 Å². The Morgan fingerprint density at radius 1 is 1.44 bits per heavy atom. The standard InChI is InChI=1S/C13H15F2NO2/c1-8(2)9-4-3-5-10(6-9)11-13(14,15)7-18-12(17)16-11/h3-6,8,11H,7H2,1-2H3,(H,16,17)/t11-/m1/s1. The number of benzene rings is 1. The number of alkyl carbamates (subject to hydrolysis) is 1. The number of carbonyl (C=O) groups is 1. The molecule has 1 fully saturated rings. The van der Waals surface area contributed by atoms with Crippen molar-refractivity contribution in [3.8, 4) is 0 Å². The lowest BCUT2D eigenvalue weighted by molar-refractivity contribution is -0.104. The van der Waals surface area contributed by atoms with E-state index in [1.54, 1.807) is 18.2 Å². The molecular formula is C13H15F2NO2. The number of alkyl halides is 2. The molecule has 3 nitrogen and oxygen atoms in total. The predicted molar refractivity (Wildman–Crippen MR) is 62.7 cm³/mol. The molecule has 18 heavy (non-hydrogen) atoms. The molecule has 98 valence electrons. The zero-order valence-electron chi connectivity index (χ0n) is 10.2. The zero-order chi connectivity index (χ0) is 13.3. The van der Waals surface area contributed by atoms with Crippen LogP contribution in [0.1, 0.15) is 36.9 Å². The number of hydrogen-bond donors (Lipinski definition) is 1. The van der Waals surface area contributed by atoms with Gasteiger partial charge < -0.3 is 10.1 Å². The first-order chi connectivity index (χ1) is 8.40. The molecule has 1 N–H and O–H groups in total. The number of halogens is 2.